The number of benzene rings is 2. The van der Waals surface area contributed by atoms with Crippen LogP contribution in [0.25, 0.3) is 0 Å². The molecule has 3 rings (SSSR count). The Morgan fingerprint density at radius 3 is 2.80 bits per heavy atom. The molecule has 0 aliphatic carbocycles. The van der Waals surface area contributed by atoms with Crippen LogP contribution in [-0.2, 0) is 16.0 Å². The van der Waals surface area contributed by atoms with Crippen LogP contribution < -0.4 is 10.2 Å². The van der Waals surface area contributed by atoms with Crippen LogP contribution in [-0.4, -0.2) is 32.1 Å². The molecule has 130 valence electrons. The largest absolute Gasteiger partial charge is 0.383 e. The van der Waals surface area contributed by atoms with E-state index in [1.54, 1.807) is 18.1 Å². The normalized spacial score (nSPS) is 13.5. The van der Waals surface area contributed by atoms with Gasteiger partial charge in [-0.3, -0.25) is 9.59 Å². The molecular weight excluding hydrogens is 384 g/mol. The van der Waals surface area contributed by atoms with Crippen LogP contribution in [0.2, 0.25) is 0 Å². The van der Waals surface area contributed by atoms with Gasteiger partial charge in [-0.15, -0.1) is 0 Å². The second-order valence-electron chi connectivity index (χ2n) is 5.82. The molecule has 2 aromatic rings. The topological polar surface area (TPSA) is 58.6 Å². The quantitative estimate of drug-likeness (QED) is 0.830. The second-order valence-corrected chi connectivity index (χ2v) is 6.67. The number of nitrogens with zero attached hydrogens (tertiary/aromatic N) is 1. The number of hydrogen-bond acceptors (Lipinski definition) is 3. The Bertz CT molecular complexity index is 807. The van der Waals surface area contributed by atoms with Crippen molar-refractivity contribution in [3.8, 4) is 0 Å². The molecule has 5 nitrogen and oxygen atoms in total. The lowest BCUT2D eigenvalue weighted by Gasteiger charge is -2.29. The van der Waals surface area contributed by atoms with E-state index in [1.165, 1.54) is 0 Å². The van der Waals surface area contributed by atoms with Gasteiger partial charge in [-0.2, -0.15) is 0 Å². The van der Waals surface area contributed by atoms with Crippen molar-refractivity contribution < 1.29 is 14.3 Å². The molecule has 0 saturated carbocycles. The Labute approximate surface area is 155 Å². The third-order valence-electron chi connectivity index (χ3n) is 4.17. The highest BCUT2D eigenvalue weighted by Crippen LogP contribution is 2.30. The van der Waals surface area contributed by atoms with Gasteiger partial charge in [0.05, 0.1) is 12.2 Å². The fourth-order valence-electron chi connectivity index (χ4n) is 2.91. The number of amides is 2. The van der Waals surface area contributed by atoms with E-state index in [1.807, 2.05) is 36.4 Å². The molecule has 0 atom stereocenters. The van der Waals surface area contributed by atoms with Gasteiger partial charge in [0, 0.05) is 35.9 Å². The third kappa shape index (κ3) is 3.91. The lowest BCUT2D eigenvalue weighted by Crippen LogP contribution is -2.37. The van der Waals surface area contributed by atoms with E-state index in [-0.39, 0.29) is 11.8 Å². The van der Waals surface area contributed by atoms with Crippen LogP contribution in [0.1, 0.15) is 22.3 Å². The van der Waals surface area contributed by atoms with E-state index >= 15 is 0 Å². The molecule has 1 N–H and O–H groups in total. The summed E-state index contributed by atoms with van der Waals surface area (Å²) in [4.78, 5) is 26.3. The summed E-state index contributed by atoms with van der Waals surface area (Å²) in [5, 5.41) is 2.92. The molecule has 2 aromatic carbocycles. The number of aryl methyl sites for hydroxylation is 1. The SMILES string of the molecule is COCCN1C(=O)CCc2cc(NC(=O)c3ccccc3Br)ccc21. The number of nitrogens with one attached hydrogen (secondary N) is 1. The van der Waals surface area contributed by atoms with Gasteiger partial charge in [0.1, 0.15) is 0 Å². The van der Waals surface area contributed by atoms with E-state index in [0.717, 1.165) is 21.4 Å². The summed E-state index contributed by atoms with van der Waals surface area (Å²) in [5.41, 5.74) is 3.26. The van der Waals surface area contributed by atoms with Gasteiger partial charge in [-0.1, -0.05) is 12.1 Å². The van der Waals surface area contributed by atoms with Crippen molar-refractivity contribution in [1.29, 1.82) is 0 Å². The summed E-state index contributed by atoms with van der Waals surface area (Å²) < 4.78 is 5.84. The molecule has 2 amide bonds. The molecule has 1 aliphatic heterocycles. The summed E-state index contributed by atoms with van der Waals surface area (Å²) in [6, 6.07) is 12.9. The van der Waals surface area contributed by atoms with Gasteiger partial charge in [0.2, 0.25) is 5.91 Å². The molecule has 0 radical (unpaired) electrons. The molecule has 1 aliphatic rings. The second kappa shape index (κ2) is 7.80. The Kier molecular flexibility index (Phi) is 5.50. The molecule has 0 aromatic heterocycles. The van der Waals surface area contributed by atoms with E-state index < -0.39 is 0 Å². The summed E-state index contributed by atoms with van der Waals surface area (Å²) in [5.74, 6) is -0.0647. The smallest absolute Gasteiger partial charge is 0.256 e. The lowest BCUT2D eigenvalue weighted by atomic mass is 10.0. The zero-order valence-electron chi connectivity index (χ0n) is 13.9. The van der Waals surface area contributed by atoms with Gasteiger partial charge in [-0.05, 0) is 58.2 Å². The first-order chi connectivity index (χ1) is 12.1. The van der Waals surface area contributed by atoms with Crippen molar-refractivity contribution in [2.45, 2.75) is 12.8 Å². The van der Waals surface area contributed by atoms with Crippen LogP contribution in [0.4, 0.5) is 11.4 Å². The van der Waals surface area contributed by atoms with Gasteiger partial charge < -0.3 is 15.0 Å². The highest BCUT2D eigenvalue weighted by molar-refractivity contribution is 9.10. The van der Waals surface area contributed by atoms with E-state index in [4.69, 9.17) is 4.74 Å². The first-order valence-corrected chi connectivity index (χ1v) is 8.87. The van der Waals surface area contributed by atoms with E-state index in [0.29, 0.717) is 31.6 Å². The van der Waals surface area contributed by atoms with Gasteiger partial charge in [-0.25, -0.2) is 0 Å². The van der Waals surface area contributed by atoms with Gasteiger partial charge in [0.25, 0.3) is 5.91 Å². The van der Waals surface area contributed by atoms with Gasteiger partial charge >= 0.3 is 0 Å². The van der Waals surface area contributed by atoms with E-state index in [2.05, 4.69) is 21.2 Å². The fraction of sp³-hybridized carbons (Fsp3) is 0.263. The first-order valence-electron chi connectivity index (χ1n) is 8.08. The zero-order valence-corrected chi connectivity index (χ0v) is 15.5. The Hall–Kier alpha value is -2.18. The molecule has 25 heavy (non-hydrogen) atoms. The average Bonchev–Trinajstić information content (AvgIpc) is 2.61. The number of ether oxygens (including phenoxy) is 1. The average molecular weight is 403 g/mol. The standard InChI is InChI=1S/C19H19BrN2O3/c1-25-11-10-22-17-8-7-14(12-13(17)6-9-18(22)23)21-19(24)15-4-2-3-5-16(15)20/h2-5,7-8,12H,6,9-11H2,1H3,(H,21,24). The zero-order chi connectivity index (χ0) is 17.8. The molecule has 0 unspecified atom stereocenters. The number of fused-ring (bicyclic) bond motifs is 1. The lowest BCUT2D eigenvalue weighted by molar-refractivity contribution is -0.119. The summed E-state index contributed by atoms with van der Waals surface area (Å²) in [7, 11) is 1.62. The highest BCUT2D eigenvalue weighted by atomic mass is 79.9. The summed E-state index contributed by atoms with van der Waals surface area (Å²) >= 11 is 3.39. The third-order valence-corrected chi connectivity index (χ3v) is 4.87. The number of methoxy groups -OCH3 is 1. The highest BCUT2D eigenvalue weighted by Gasteiger charge is 2.24. The monoisotopic (exact) mass is 402 g/mol. The van der Waals surface area contributed by atoms with Crippen molar-refractivity contribution in [2.24, 2.45) is 0 Å². The Morgan fingerprint density at radius 1 is 1.24 bits per heavy atom. The number of halogens is 1. The first kappa shape index (κ1) is 17.6. The predicted octanol–water partition coefficient (Wildman–Crippen LogP) is 3.63. The summed E-state index contributed by atoms with van der Waals surface area (Å²) in [6.45, 7) is 1.02. The fourth-order valence-corrected chi connectivity index (χ4v) is 3.37. The van der Waals surface area contributed by atoms with E-state index in [9.17, 15) is 9.59 Å². The maximum absolute atomic E-state index is 12.4. The Balaban J connectivity index is 1.80. The minimum atomic E-state index is -0.171. The molecule has 0 spiro atoms. The summed E-state index contributed by atoms with van der Waals surface area (Å²) in [6.07, 6.45) is 1.15. The van der Waals surface area contributed by atoms with Crippen molar-refractivity contribution >= 4 is 39.1 Å². The molecule has 0 saturated heterocycles. The van der Waals surface area contributed by atoms with Crippen molar-refractivity contribution in [2.75, 3.05) is 30.5 Å². The van der Waals surface area contributed by atoms with Crippen LogP contribution in [0.5, 0.6) is 0 Å². The van der Waals surface area contributed by atoms with Crippen LogP contribution in [0.3, 0.4) is 0 Å². The maximum Gasteiger partial charge on any atom is 0.256 e. The number of carbonyl (C=O) groups excluding carboxylic acids is 2. The molecule has 0 bridgehead atoms. The number of rotatable bonds is 5. The van der Waals surface area contributed by atoms with Crippen LogP contribution >= 0.6 is 15.9 Å². The van der Waals surface area contributed by atoms with Crippen LogP contribution in [0.15, 0.2) is 46.9 Å². The predicted molar refractivity (Wildman–Crippen MR) is 101 cm³/mol. The van der Waals surface area contributed by atoms with Gasteiger partial charge in [0.15, 0.2) is 0 Å². The Morgan fingerprint density at radius 2 is 2.04 bits per heavy atom. The number of carbonyl (C=O) groups is 2. The van der Waals surface area contributed by atoms with Crippen LogP contribution in [0, 0.1) is 0 Å². The molecule has 1 heterocycles. The number of hydrogen-bond donors (Lipinski definition) is 1. The molecule has 6 heteroatoms. The van der Waals surface area contributed by atoms with Crippen molar-refractivity contribution in [1.82, 2.24) is 0 Å². The van der Waals surface area contributed by atoms with Crippen molar-refractivity contribution in [3.63, 3.8) is 0 Å². The minimum Gasteiger partial charge on any atom is -0.383 e. The maximum atomic E-state index is 12.4. The minimum absolute atomic E-state index is 0.106. The van der Waals surface area contributed by atoms with Crippen molar-refractivity contribution in [3.05, 3.63) is 58.1 Å². The number of anilines is 2. The molecule has 0 fully saturated rings. The molecular formula is C19H19BrN2O3.